The van der Waals surface area contributed by atoms with Crippen molar-refractivity contribution in [2.75, 3.05) is 13.7 Å². The molecule has 15 heavy (non-hydrogen) atoms. The third-order valence-corrected chi connectivity index (χ3v) is 3.08. The summed E-state index contributed by atoms with van der Waals surface area (Å²) in [5, 5.41) is 3.28. The van der Waals surface area contributed by atoms with Crippen LogP contribution in [-0.4, -0.2) is 37.9 Å². The van der Waals surface area contributed by atoms with Gasteiger partial charge in [0.25, 0.3) is 0 Å². The Kier molecular flexibility index (Phi) is 4.83. The second-order valence-electron chi connectivity index (χ2n) is 3.98. The van der Waals surface area contributed by atoms with Gasteiger partial charge in [0.15, 0.2) is 0 Å². The van der Waals surface area contributed by atoms with Gasteiger partial charge >= 0.3 is 5.97 Å². The second kappa shape index (κ2) is 5.68. The van der Waals surface area contributed by atoms with Crippen molar-refractivity contribution in [3.63, 3.8) is 0 Å². The van der Waals surface area contributed by atoms with E-state index >= 15 is 0 Å². The number of nitrogens with one attached hydrogen (secondary N) is 1. The largest absolute Gasteiger partial charge is 0.468 e. The summed E-state index contributed by atoms with van der Waals surface area (Å²) in [6, 6.07) is 0.232. The predicted octanol–water partition coefficient (Wildman–Crippen LogP) is 0.881. The van der Waals surface area contributed by atoms with Gasteiger partial charge in [-0.2, -0.15) is 0 Å². The van der Waals surface area contributed by atoms with E-state index in [4.69, 9.17) is 9.47 Å². The summed E-state index contributed by atoms with van der Waals surface area (Å²) < 4.78 is 10.3. The lowest BCUT2D eigenvalue weighted by atomic mass is 10.1. The molecule has 1 N–H and O–H groups in total. The number of esters is 1. The number of methoxy groups -OCH3 is 1. The smallest absolute Gasteiger partial charge is 0.322 e. The monoisotopic (exact) mass is 235 g/mol. The maximum Gasteiger partial charge on any atom is 0.322 e. The minimum atomic E-state index is -0.148. The number of rotatable bonds is 2. The van der Waals surface area contributed by atoms with Crippen molar-refractivity contribution < 1.29 is 14.3 Å². The molecule has 0 amide bonds. The zero-order valence-corrected chi connectivity index (χ0v) is 9.72. The van der Waals surface area contributed by atoms with Gasteiger partial charge in [0.1, 0.15) is 6.04 Å². The summed E-state index contributed by atoms with van der Waals surface area (Å²) in [5.41, 5.74) is 0. The van der Waals surface area contributed by atoms with Gasteiger partial charge in [-0.1, -0.05) is 0 Å². The molecule has 0 spiro atoms. The first-order valence-electron chi connectivity index (χ1n) is 5.26. The fraction of sp³-hybridized carbons (Fsp3) is 0.900. The molecule has 2 aliphatic rings. The zero-order chi connectivity index (χ0) is 9.97. The van der Waals surface area contributed by atoms with Crippen LogP contribution in [0.15, 0.2) is 0 Å². The van der Waals surface area contributed by atoms with E-state index in [1.54, 1.807) is 0 Å². The van der Waals surface area contributed by atoms with Crippen LogP contribution >= 0.6 is 12.4 Å². The van der Waals surface area contributed by atoms with E-state index in [2.05, 4.69) is 5.32 Å². The highest BCUT2D eigenvalue weighted by Crippen LogP contribution is 2.24. The van der Waals surface area contributed by atoms with E-state index in [0.29, 0.717) is 12.1 Å². The van der Waals surface area contributed by atoms with Gasteiger partial charge in [-0.15, -0.1) is 12.4 Å². The molecular weight excluding hydrogens is 218 g/mol. The minimum Gasteiger partial charge on any atom is -0.468 e. The van der Waals surface area contributed by atoms with Crippen molar-refractivity contribution in [1.29, 1.82) is 0 Å². The van der Waals surface area contributed by atoms with E-state index in [9.17, 15) is 4.79 Å². The summed E-state index contributed by atoms with van der Waals surface area (Å²) in [4.78, 5) is 11.2. The molecule has 3 atom stereocenters. The SMILES string of the molecule is COC(=O)C1CCC(C2CCCO2)N1.Cl. The number of halogens is 1. The molecule has 5 heteroatoms. The molecule has 0 aromatic carbocycles. The molecule has 3 unspecified atom stereocenters. The first kappa shape index (κ1) is 12.7. The van der Waals surface area contributed by atoms with Gasteiger partial charge < -0.3 is 9.47 Å². The van der Waals surface area contributed by atoms with Crippen molar-refractivity contribution in [2.24, 2.45) is 0 Å². The highest BCUT2D eigenvalue weighted by molar-refractivity contribution is 5.85. The molecule has 4 nitrogen and oxygen atoms in total. The first-order chi connectivity index (χ1) is 6.81. The summed E-state index contributed by atoms with van der Waals surface area (Å²) in [6.45, 7) is 0.867. The Balaban J connectivity index is 0.00000112. The number of hydrogen-bond acceptors (Lipinski definition) is 4. The molecule has 88 valence electrons. The lowest BCUT2D eigenvalue weighted by molar-refractivity contribution is -0.142. The Labute approximate surface area is 96.1 Å². The lowest BCUT2D eigenvalue weighted by Crippen LogP contribution is -2.41. The topological polar surface area (TPSA) is 47.6 Å². The third-order valence-electron chi connectivity index (χ3n) is 3.08. The summed E-state index contributed by atoms with van der Waals surface area (Å²) in [5.74, 6) is -0.148. The summed E-state index contributed by atoms with van der Waals surface area (Å²) in [6.07, 6.45) is 4.46. The Morgan fingerprint density at radius 3 is 2.80 bits per heavy atom. The molecule has 2 rings (SSSR count). The van der Waals surface area contributed by atoms with Gasteiger partial charge in [-0.05, 0) is 25.7 Å². The molecular formula is C10H18ClNO3. The van der Waals surface area contributed by atoms with Crippen molar-refractivity contribution in [2.45, 2.75) is 43.9 Å². The van der Waals surface area contributed by atoms with E-state index in [-0.39, 0.29) is 24.4 Å². The van der Waals surface area contributed by atoms with Crippen LogP contribution in [0.4, 0.5) is 0 Å². The highest BCUT2D eigenvalue weighted by Gasteiger charge is 2.35. The fourth-order valence-electron chi connectivity index (χ4n) is 2.31. The summed E-state index contributed by atoms with van der Waals surface area (Å²) >= 11 is 0. The lowest BCUT2D eigenvalue weighted by Gasteiger charge is -2.18. The van der Waals surface area contributed by atoms with Crippen molar-refractivity contribution in [1.82, 2.24) is 5.32 Å². The van der Waals surface area contributed by atoms with E-state index in [0.717, 1.165) is 32.3 Å². The van der Waals surface area contributed by atoms with Crippen molar-refractivity contribution in [3.05, 3.63) is 0 Å². The highest BCUT2D eigenvalue weighted by atomic mass is 35.5. The average Bonchev–Trinajstić information content (AvgIpc) is 2.86. The van der Waals surface area contributed by atoms with Crippen LogP contribution in [-0.2, 0) is 14.3 Å². The quantitative estimate of drug-likeness (QED) is 0.722. The van der Waals surface area contributed by atoms with Crippen LogP contribution < -0.4 is 5.32 Å². The van der Waals surface area contributed by atoms with Crippen LogP contribution in [0.3, 0.4) is 0 Å². The molecule has 2 fully saturated rings. The number of ether oxygens (including phenoxy) is 2. The second-order valence-corrected chi connectivity index (χ2v) is 3.98. The van der Waals surface area contributed by atoms with Gasteiger partial charge in [-0.25, -0.2) is 0 Å². The van der Waals surface area contributed by atoms with Gasteiger partial charge in [0.05, 0.1) is 13.2 Å². The normalized spacial score (nSPS) is 34.9. The van der Waals surface area contributed by atoms with Crippen LogP contribution in [0.5, 0.6) is 0 Å². The van der Waals surface area contributed by atoms with E-state index in [1.165, 1.54) is 7.11 Å². The zero-order valence-electron chi connectivity index (χ0n) is 8.90. The van der Waals surface area contributed by atoms with Crippen molar-refractivity contribution in [3.8, 4) is 0 Å². The molecule has 0 aromatic rings. The standard InChI is InChI=1S/C10H17NO3.ClH/c1-13-10(12)8-5-4-7(11-8)9-3-2-6-14-9;/h7-9,11H,2-6H2,1H3;1H. The molecule has 0 aromatic heterocycles. The van der Waals surface area contributed by atoms with Crippen LogP contribution in [0, 0.1) is 0 Å². The Morgan fingerprint density at radius 2 is 2.20 bits per heavy atom. The molecule has 0 radical (unpaired) electrons. The Bertz CT molecular complexity index is 219. The molecule has 2 saturated heterocycles. The van der Waals surface area contributed by atoms with Crippen molar-refractivity contribution >= 4 is 18.4 Å². The van der Waals surface area contributed by atoms with Crippen LogP contribution in [0.2, 0.25) is 0 Å². The average molecular weight is 236 g/mol. The number of carbonyl (C=O) groups excluding carboxylic acids is 1. The van der Waals surface area contributed by atoms with E-state index < -0.39 is 0 Å². The Morgan fingerprint density at radius 1 is 1.40 bits per heavy atom. The number of hydrogen-bond donors (Lipinski definition) is 1. The first-order valence-corrected chi connectivity index (χ1v) is 5.26. The number of carbonyl (C=O) groups is 1. The van der Waals surface area contributed by atoms with Gasteiger partial charge in [0.2, 0.25) is 0 Å². The molecule has 2 aliphatic heterocycles. The molecule has 0 bridgehead atoms. The third kappa shape index (κ3) is 2.83. The predicted molar refractivity (Wildman–Crippen MR) is 58.2 cm³/mol. The molecule has 2 heterocycles. The molecule has 0 aliphatic carbocycles. The van der Waals surface area contributed by atoms with Gasteiger partial charge in [-0.3, -0.25) is 10.1 Å². The van der Waals surface area contributed by atoms with Gasteiger partial charge in [0, 0.05) is 12.6 Å². The van der Waals surface area contributed by atoms with E-state index in [1.807, 2.05) is 0 Å². The fourth-order valence-corrected chi connectivity index (χ4v) is 2.31. The molecule has 0 saturated carbocycles. The Hall–Kier alpha value is -0.320. The van der Waals surface area contributed by atoms with Crippen LogP contribution in [0.25, 0.3) is 0 Å². The summed E-state index contributed by atoms with van der Waals surface area (Å²) in [7, 11) is 1.43. The minimum absolute atomic E-state index is 0. The maximum atomic E-state index is 11.2. The van der Waals surface area contributed by atoms with Crippen LogP contribution in [0.1, 0.15) is 25.7 Å². The maximum absolute atomic E-state index is 11.2.